The molecule has 106 valence electrons. The predicted molar refractivity (Wildman–Crippen MR) is 76.3 cm³/mol. The molecular weight excluding hydrogens is 228 g/mol. The van der Waals surface area contributed by atoms with Crippen LogP contribution in [-0.2, 0) is 9.59 Å². The van der Waals surface area contributed by atoms with Crippen molar-refractivity contribution in [3.05, 3.63) is 12.2 Å². The first-order chi connectivity index (χ1) is 8.22. The second kappa shape index (κ2) is 7.19. The summed E-state index contributed by atoms with van der Waals surface area (Å²) in [7, 11) is 0. The molecule has 0 saturated carbocycles. The lowest BCUT2D eigenvalue weighted by molar-refractivity contribution is -0.139. The van der Waals surface area contributed by atoms with E-state index in [1.165, 1.54) is 0 Å². The Morgan fingerprint density at radius 2 is 1.67 bits per heavy atom. The van der Waals surface area contributed by atoms with Crippen molar-refractivity contribution in [2.75, 3.05) is 0 Å². The summed E-state index contributed by atoms with van der Waals surface area (Å²) in [6.07, 6.45) is 0.577. The van der Waals surface area contributed by atoms with Gasteiger partial charge in [0.05, 0.1) is 0 Å². The van der Waals surface area contributed by atoms with Gasteiger partial charge in [0.25, 0.3) is 0 Å². The third kappa shape index (κ3) is 4.51. The zero-order valence-corrected chi connectivity index (χ0v) is 12.4. The molecule has 4 nitrogen and oxygen atoms in total. The van der Waals surface area contributed by atoms with E-state index in [1.54, 1.807) is 11.8 Å². The molecule has 0 aliphatic heterocycles. The van der Waals surface area contributed by atoms with Crippen molar-refractivity contribution in [1.82, 2.24) is 10.2 Å². The summed E-state index contributed by atoms with van der Waals surface area (Å²) in [5.74, 6) is -0.292. The molecule has 4 heteroatoms. The molecule has 0 unspecified atom stereocenters. The van der Waals surface area contributed by atoms with E-state index in [0.717, 1.165) is 0 Å². The van der Waals surface area contributed by atoms with Gasteiger partial charge in [0, 0.05) is 19.1 Å². The highest BCUT2D eigenvalue weighted by Gasteiger charge is 2.27. The molecule has 0 rings (SSSR count). The number of hydrogen-bond acceptors (Lipinski definition) is 2. The summed E-state index contributed by atoms with van der Waals surface area (Å²) in [4.78, 5) is 25.8. The summed E-state index contributed by atoms with van der Waals surface area (Å²) in [6, 6.07) is -0.236. The molecule has 2 amide bonds. The van der Waals surface area contributed by atoms with Crippen LogP contribution in [0.3, 0.4) is 0 Å². The van der Waals surface area contributed by atoms with Gasteiger partial charge in [-0.1, -0.05) is 13.5 Å². The standard InChI is InChI=1S/C14H26N2O2.H2/c1-8-12(15-13(17)9(2)3)14(18)16(10(4)5)11(6)7;/h10-12H,2,8H2,1,3-7H3,(H,15,17);1H/t12-;/m0./s1. The first-order valence-corrected chi connectivity index (χ1v) is 6.50. The predicted octanol–water partition coefficient (Wildman–Crippen LogP) is 2.35. The second-order valence-electron chi connectivity index (χ2n) is 5.15. The highest BCUT2D eigenvalue weighted by molar-refractivity contribution is 5.96. The maximum Gasteiger partial charge on any atom is 0.246 e. The Kier molecular flexibility index (Phi) is 6.66. The Hall–Kier alpha value is -1.32. The molecule has 1 atom stereocenters. The zero-order valence-electron chi connectivity index (χ0n) is 12.4. The Morgan fingerprint density at radius 3 is 1.94 bits per heavy atom. The average Bonchev–Trinajstić information content (AvgIpc) is 2.23. The summed E-state index contributed by atoms with van der Waals surface area (Å²) in [5, 5.41) is 2.73. The van der Waals surface area contributed by atoms with E-state index in [9.17, 15) is 9.59 Å². The van der Waals surface area contributed by atoms with E-state index in [-0.39, 0.29) is 25.3 Å². The highest BCUT2D eigenvalue weighted by Crippen LogP contribution is 2.10. The molecular formula is C14H28N2O2. The molecule has 0 aromatic rings. The van der Waals surface area contributed by atoms with Crippen LogP contribution >= 0.6 is 0 Å². The van der Waals surface area contributed by atoms with Crippen LogP contribution in [0.1, 0.15) is 49.4 Å². The van der Waals surface area contributed by atoms with E-state index in [2.05, 4.69) is 11.9 Å². The molecule has 0 spiro atoms. The van der Waals surface area contributed by atoms with Crippen LogP contribution in [0.15, 0.2) is 12.2 Å². The molecule has 0 bridgehead atoms. The number of rotatable bonds is 6. The van der Waals surface area contributed by atoms with Crippen molar-refractivity contribution in [2.24, 2.45) is 0 Å². The van der Waals surface area contributed by atoms with Gasteiger partial charge in [-0.2, -0.15) is 0 Å². The molecule has 1 N–H and O–H groups in total. The van der Waals surface area contributed by atoms with Crippen LogP contribution in [0.4, 0.5) is 0 Å². The third-order valence-corrected chi connectivity index (χ3v) is 2.77. The van der Waals surface area contributed by atoms with Crippen LogP contribution in [0.5, 0.6) is 0 Å². The molecule has 0 saturated heterocycles. The van der Waals surface area contributed by atoms with Crippen molar-refractivity contribution in [3.8, 4) is 0 Å². The van der Waals surface area contributed by atoms with Gasteiger partial charge in [0.1, 0.15) is 6.04 Å². The zero-order chi connectivity index (χ0) is 14.5. The minimum Gasteiger partial charge on any atom is -0.341 e. The van der Waals surface area contributed by atoms with Crippen LogP contribution in [0.2, 0.25) is 0 Å². The van der Waals surface area contributed by atoms with Gasteiger partial charge < -0.3 is 10.2 Å². The van der Waals surface area contributed by atoms with E-state index in [1.807, 2.05) is 34.6 Å². The van der Waals surface area contributed by atoms with Crippen LogP contribution in [0.25, 0.3) is 0 Å². The maximum absolute atomic E-state index is 12.4. The van der Waals surface area contributed by atoms with Crippen molar-refractivity contribution in [1.29, 1.82) is 0 Å². The Labute approximate surface area is 112 Å². The lowest BCUT2D eigenvalue weighted by atomic mass is 10.1. The lowest BCUT2D eigenvalue weighted by Gasteiger charge is -2.34. The quantitative estimate of drug-likeness (QED) is 0.742. The van der Waals surface area contributed by atoms with Gasteiger partial charge in [0.2, 0.25) is 11.8 Å². The lowest BCUT2D eigenvalue weighted by Crippen LogP contribution is -2.52. The molecule has 0 aliphatic carbocycles. The normalized spacial score (nSPS) is 12.4. The fourth-order valence-corrected chi connectivity index (χ4v) is 1.91. The molecule has 0 heterocycles. The topological polar surface area (TPSA) is 49.4 Å². The highest BCUT2D eigenvalue weighted by atomic mass is 16.2. The fourth-order valence-electron chi connectivity index (χ4n) is 1.91. The minimum absolute atomic E-state index is 0. The van der Waals surface area contributed by atoms with Crippen molar-refractivity contribution in [3.63, 3.8) is 0 Å². The number of carbonyl (C=O) groups excluding carboxylic acids is 2. The Balaban J connectivity index is 0. The number of carbonyl (C=O) groups is 2. The van der Waals surface area contributed by atoms with Crippen LogP contribution in [0, 0.1) is 0 Å². The summed E-state index contributed by atoms with van der Waals surface area (Å²) in [5.41, 5.74) is 0.418. The molecule has 0 aromatic heterocycles. The van der Waals surface area contributed by atoms with E-state index < -0.39 is 6.04 Å². The molecule has 18 heavy (non-hydrogen) atoms. The monoisotopic (exact) mass is 256 g/mol. The van der Waals surface area contributed by atoms with Crippen molar-refractivity contribution in [2.45, 2.75) is 66.1 Å². The van der Waals surface area contributed by atoms with Gasteiger partial charge >= 0.3 is 0 Å². The average molecular weight is 256 g/mol. The van der Waals surface area contributed by atoms with Gasteiger partial charge in [-0.15, -0.1) is 0 Å². The molecule has 0 aromatic carbocycles. The third-order valence-electron chi connectivity index (χ3n) is 2.77. The molecule has 0 radical (unpaired) electrons. The van der Waals surface area contributed by atoms with Gasteiger partial charge in [0.15, 0.2) is 0 Å². The summed E-state index contributed by atoms with van der Waals surface area (Å²) >= 11 is 0. The van der Waals surface area contributed by atoms with Crippen LogP contribution < -0.4 is 5.32 Å². The first kappa shape index (κ1) is 16.7. The Bertz CT molecular complexity index is 319. The van der Waals surface area contributed by atoms with Gasteiger partial charge in [-0.3, -0.25) is 9.59 Å². The second-order valence-corrected chi connectivity index (χ2v) is 5.15. The summed E-state index contributed by atoms with van der Waals surface area (Å²) < 4.78 is 0. The molecule has 0 aliphatic rings. The van der Waals surface area contributed by atoms with Gasteiger partial charge in [-0.25, -0.2) is 0 Å². The van der Waals surface area contributed by atoms with Gasteiger partial charge in [-0.05, 0) is 41.0 Å². The number of hydrogen-bond donors (Lipinski definition) is 1. The van der Waals surface area contributed by atoms with Crippen molar-refractivity contribution >= 4 is 11.8 Å². The van der Waals surface area contributed by atoms with E-state index in [4.69, 9.17) is 0 Å². The van der Waals surface area contributed by atoms with Crippen molar-refractivity contribution < 1.29 is 11.0 Å². The largest absolute Gasteiger partial charge is 0.341 e. The number of nitrogens with one attached hydrogen (secondary N) is 1. The minimum atomic E-state index is -0.473. The SMILES string of the molecule is C=C(C)C(=O)N[C@@H](CC)C(=O)N(C(C)C)C(C)C.[HH]. The fraction of sp³-hybridized carbons (Fsp3) is 0.714. The summed E-state index contributed by atoms with van der Waals surface area (Å²) in [6.45, 7) is 15.0. The first-order valence-electron chi connectivity index (χ1n) is 6.50. The number of amides is 2. The van der Waals surface area contributed by atoms with E-state index >= 15 is 0 Å². The van der Waals surface area contributed by atoms with E-state index in [0.29, 0.717) is 12.0 Å². The van der Waals surface area contributed by atoms with Crippen LogP contribution in [-0.4, -0.2) is 34.8 Å². The molecule has 0 fully saturated rings. The number of nitrogens with zero attached hydrogens (tertiary/aromatic N) is 1. The Morgan fingerprint density at radius 1 is 1.22 bits per heavy atom. The maximum atomic E-state index is 12.4. The smallest absolute Gasteiger partial charge is 0.246 e.